The van der Waals surface area contributed by atoms with Crippen LogP contribution in [0.1, 0.15) is 0 Å². The van der Waals surface area contributed by atoms with Crippen LogP contribution in [0.2, 0.25) is 0 Å². The van der Waals surface area contributed by atoms with Gasteiger partial charge in [-0.1, -0.05) is 127 Å². The van der Waals surface area contributed by atoms with Crippen molar-refractivity contribution >= 4 is 124 Å². The zero-order chi connectivity index (χ0) is 38.8. The molecular formula is C54H32B2N4. The van der Waals surface area contributed by atoms with Gasteiger partial charge in [-0.05, 0) is 99.5 Å². The third kappa shape index (κ3) is 3.64. The van der Waals surface area contributed by atoms with Gasteiger partial charge in [0.2, 0.25) is 0 Å². The number of benzene rings is 9. The van der Waals surface area contributed by atoms with Crippen LogP contribution in [0.4, 0.5) is 34.1 Å². The third-order valence-electron chi connectivity index (χ3n) is 14.0. The van der Waals surface area contributed by atoms with Crippen molar-refractivity contribution in [3.8, 4) is 11.4 Å². The molecule has 60 heavy (non-hydrogen) atoms. The summed E-state index contributed by atoms with van der Waals surface area (Å²) in [5, 5.41) is 5.22. The molecular weight excluding hydrogens is 726 g/mol. The van der Waals surface area contributed by atoms with Gasteiger partial charge in [0.15, 0.2) is 0 Å². The summed E-state index contributed by atoms with van der Waals surface area (Å²) < 4.78 is 5.25. The maximum Gasteiger partial charge on any atom is 0.252 e. The van der Waals surface area contributed by atoms with E-state index >= 15 is 0 Å². The van der Waals surface area contributed by atoms with Crippen LogP contribution in [0.15, 0.2) is 194 Å². The number of fused-ring (bicyclic) bond motifs is 16. The Bertz CT molecular complexity index is 3700. The Hall–Kier alpha value is -7.69. The minimum atomic E-state index is 0.0534. The average molecular weight is 759 g/mol. The molecule has 6 heterocycles. The number of anilines is 6. The van der Waals surface area contributed by atoms with Crippen molar-refractivity contribution in [3.05, 3.63) is 194 Å². The first kappa shape index (κ1) is 31.3. The fourth-order valence-electron chi connectivity index (χ4n) is 11.9. The standard InChI is InChI=1S/C54H32B2N4/c1-3-16-33(17-4-1)57-44-26-13-9-22-39(44)56-41-32-37-35-30-31-48-51-53(35)60(52(37)49-36-20-7-11-24-42(36)59(54(41)49)47-29-15-28-46(57)50(47)56)45-27-14-10-23-40(45)55(51)38-21-8-12-25-43(38)58(48)34-18-5-2-6-19-34/h1-32H. The molecule has 0 N–H and O–H groups in total. The number of para-hydroxylation sites is 6. The number of aromatic nitrogens is 2. The summed E-state index contributed by atoms with van der Waals surface area (Å²) in [5.74, 6) is 0. The van der Waals surface area contributed by atoms with Crippen molar-refractivity contribution in [2.24, 2.45) is 0 Å². The van der Waals surface area contributed by atoms with Crippen molar-refractivity contribution in [1.82, 2.24) is 9.13 Å². The molecule has 4 aliphatic rings. The Balaban J connectivity index is 1.14. The van der Waals surface area contributed by atoms with E-state index in [0.717, 1.165) is 0 Å². The zero-order valence-electron chi connectivity index (χ0n) is 32.4. The highest BCUT2D eigenvalue weighted by atomic mass is 15.2. The Morgan fingerprint density at radius 1 is 0.300 bits per heavy atom. The van der Waals surface area contributed by atoms with Gasteiger partial charge in [0, 0.05) is 67.0 Å². The molecule has 0 atom stereocenters. The quantitative estimate of drug-likeness (QED) is 0.164. The molecule has 15 rings (SSSR count). The molecule has 0 unspecified atom stereocenters. The smallest absolute Gasteiger partial charge is 0.252 e. The first-order valence-corrected chi connectivity index (χ1v) is 21.0. The molecule has 11 aromatic rings. The zero-order valence-corrected chi connectivity index (χ0v) is 32.4. The molecule has 0 fully saturated rings. The van der Waals surface area contributed by atoms with Gasteiger partial charge in [0.1, 0.15) is 0 Å². The molecule has 2 aromatic heterocycles. The van der Waals surface area contributed by atoms with E-state index in [1.807, 2.05) is 0 Å². The minimum absolute atomic E-state index is 0.0534. The first-order chi connectivity index (χ1) is 29.8. The molecule has 0 aliphatic carbocycles. The number of hydrogen-bond donors (Lipinski definition) is 0. The van der Waals surface area contributed by atoms with E-state index < -0.39 is 0 Å². The molecule has 0 bridgehead atoms. The van der Waals surface area contributed by atoms with Gasteiger partial charge in [-0.2, -0.15) is 0 Å². The van der Waals surface area contributed by atoms with Gasteiger partial charge in [-0.25, -0.2) is 0 Å². The lowest BCUT2D eigenvalue weighted by molar-refractivity contribution is 1.17. The van der Waals surface area contributed by atoms with Crippen LogP contribution < -0.4 is 42.6 Å². The van der Waals surface area contributed by atoms with E-state index in [2.05, 4.69) is 213 Å². The summed E-state index contributed by atoms with van der Waals surface area (Å²) in [6.07, 6.45) is 0. The fourth-order valence-corrected chi connectivity index (χ4v) is 11.9. The monoisotopic (exact) mass is 758 g/mol. The first-order valence-electron chi connectivity index (χ1n) is 21.0. The predicted octanol–water partition coefficient (Wildman–Crippen LogP) is 9.11. The Kier molecular flexibility index (Phi) is 5.78. The van der Waals surface area contributed by atoms with Gasteiger partial charge < -0.3 is 18.9 Å². The predicted molar refractivity (Wildman–Crippen MR) is 254 cm³/mol. The highest BCUT2D eigenvalue weighted by molar-refractivity contribution is 7.01. The van der Waals surface area contributed by atoms with Gasteiger partial charge in [-0.3, -0.25) is 0 Å². The van der Waals surface area contributed by atoms with Crippen molar-refractivity contribution in [1.29, 1.82) is 0 Å². The normalized spacial score (nSPS) is 13.9. The van der Waals surface area contributed by atoms with Crippen LogP contribution in [0.3, 0.4) is 0 Å². The molecule has 9 aromatic carbocycles. The highest BCUT2D eigenvalue weighted by Gasteiger charge is 2.45. The molecule has 0 spiro atoms. The van der Waals surface area contributed by atoms with E-state index in [0.29, 0.717) is 0 Å². The number of hydrogen-bond acceptors (Lipinski definition) is 2. The lowest BCUT2D eigenvalue weighted by atomic mass is 9.33. The second kappa shape index (κ2) is 11.1. The van der Waals surface area contributed by atoms with Crippen LogP contribution >= 0.6 is 0 Å². The van der Waals surface area contributed by atoms with E-state index in [9.17, 15) is 0 Å². The molecule has 0 amide bonds. The van der Waals surface area contributed by atoms with Crippen molar-refractivity contribution < 1.29 is 0 Å². The van der Waals surface area contributed by atoms with Crippen LogP contribution in [-0.4, -0.2) is 22.6 Å². The van der Waals surface area contributed by atoms with Crippen molar-refractivity contribution in [2.75, 3.05) is 9.80 Å². The van der Waals surface area contributed by atoms with Gasteiger partial charge in [0.25, 0.3) is 13.4 Å². The molecule has 0 saturated heterocycles. The SMILES string of the molecule is c1ccc(N2c3ccccc3B3c4c2cccc4-n2c4ccccc4c4c2c3cc2c3ccc5c6c3n(c24)-c2ccccc2B6c2ccccc2N5c2ccccc2)cc1. The van der Waals surface area contributed by atoms with Crippen molar-refractivity contribution in [2.45, 2.75) is 0 Å². The maximum absolute atomic E-state index is 2.65. The second-order valence-electron chi connectivity index (χ2n) is 16.8. The lowest BCUT2D eigenvalue weighted by Crippen LogP contribution is -2.60. The molecule has 0 saturated carbocycles. The molecule has 4 nitrogen and oxygen atoms in total. The van der Waals surface area contributed by atoms with E-state index in [4.69, 9.17) is 0 Å². The summed E-state index contributed by atoms with van der Waals surface area (Å²) in [4.78, 5) is 4.97. The maximum atomic E-state index is 2.65. The van der Waals surface area contributed by atoms with E-state index in [1.165, 1.54) is 122 Å². The van der Waals surface area contributed by atoms with Gasteiger partial charge in [-0.15, -0.1) is 0 Å². The van der Waals surface area contributed by atoms with Gasteiger partial charge in [0.05, 0.1) is 22.1 Å². The van der Waals surface area contributed by atoms with Crippen LogP contribution in [0.25, 0.3) is 55.0 Å². The van der Waals surface area contributed by atoms with Crippen molar-refractivity contribution in [3.63, 3.8) is 0 Å². The molecule has 6 heteroatoms. The highest BCUT2D eigenvalue weighted by Crippen LogP contribution is 2.47. The van der Waals surface area contributed by atoms with E-state index in [-0.39, 0.29) is 13.4 Å². The summed E-state index contributed by atoms with van der Waals surface area (Å²) >= 11 is 0. The molecule has 4 aliphatic heterocycles. The lowest BCUT2D eigenvalue weighted by Gasteiger charge is -2.40. The summed E-state index contributed by atoms with van der Waals surface area (Å²) in [6, 6.07) is 72.6. The Morgan fingerprint density at radius 2 is 0.833 bits per heavy atom. The Morgan fingerprint density at radius 3 is 1.53 bits per heavy atom. The average Bonchev–Trinajstić information content (AvgIpc) is 3.84. The second-order valence-corrected chi connectivity index (χ2v) is 16.8. The molecule has 274 valence electrons. The van der Waals surface area contributed by atoms with E-state index in [1.54, 1.807) is 0 Å². The Labute approximate surface area is 346 Å². The topological polar surface area (TPSA) is 16.3 Å². The minimum Gasteiger partial charge on any atom is -0.311 e. The van der Waals surface area contributed by atoms with Gasteiger partial charge >= 0.3 is 0 Å². The van der Waals surface area contributed by atoms with Crippen LogP contribution in [0.5, 0.6) is 0 Å². The number of nitrogens with zero attached hydrogens (tertiary/aromatic N) is 4. The molecule has 0 radical (unpaired) electrons. The third-order valence-corrected chi connectivity index (χ3v) is 14.0. The number of rotatable bonds is 2. The largest absolute Gasteiger partial charge is 0.311 e. The summed E-state index contributed by atoms with van der Waals surface area (Å²) in [5.41, 5.74) is 23.1. The fraction of sp³-hybridized carbons (Fsp3) is 0. The summed E-state index contributed by atoms with van der Waals surface area (Å²) in [6.45, 7) is 0.151. The van der Waals surface area contributed by atoms with Crippen LogP contribution in [0, 0.1) is 0 Å². The van der Waals surface area contributed by atoms with Crippen LogP contribution in [-0.2, 0) is 0 Å². The summed E-state index contributed by atoms with van der Waals surface area (Å²) in [7, 11) is 0.